The quantitative estimate of drug-likeness (QED) is 0.265. The van der Waals surface area contributed by atoms with Crippen molar-refractivity contribution in [3.8, 4) is 0 Å². The average molecular weight is 429 g/mol. The van der Waals surface area contributed by atoms with Gasteiger partial charge in [-0.15, -0.1) is 0 Å². The molecular formula is C22H37FN2O5. The Morgan fingerprint density at radius 1 is 1.30 bits per heavy atom. The number of esters is 1. The smallest absolute Gasteiger partial charge is 0.302 e. The summed E-state index contributed by atoms with van der Waals surface area (Å²) in [6.45, 7) is 7.53. The number of ether oxygens (including phenoxy) is 2. The number of hydrazine groups is 1. The Bertz CT molecular complexity index is 606. The first-order valence-corrected chi connectivity index (χ1v) is 10.8. The van der Waals surface area contributed by atoms with Crippen molar-refractivity contribution in [2.75, 3.05) is 13.2 Å². The van der Waals surface area contributed by atoms with E-state index in [0.717, 1.165) is 19.3 Å². The van der Waals surface area contributed by atoms with Crippen LogP contribution >= 0.6 is 0 Å². The van der Waals surface area contributed by atoms with E-state index in [-0.39, 0.29) is 36.1 Å². The van der Waals surface area contributed by atoms with E-state index in [2.05, 4.69) is 5.43 Å². The number of nitrogens with zero attached hydrogens (tertiary/aromatic N) is 1. The molecule has 1 rings (SSSR count). The number of hydrogen-bond donors (Lipinski definition) is 2. The molecule has 1 saturated heterocycles. The van der Waals surface area contributed by atoms with Crippen LogP contribution in [0.25, 0.3) is 0 Å². The average Bonchev–Trinajstić information content (AvgIpc) is 2.66. The second-order valence-corrected chi connectivity index (χ2v) is 7.74. The van der Waals surface area contributed by atoms with Gasteiger partial charge in [-0.3, -0.25) is 14.6 Å². The molecule has 0 aromatic heterocycles. The molecule has 30 heavy (non-hydrogen) atoms. The molecule has 1 aliphatic rings. The van der Waals surface area contributed by atoms with Crippen LogP contribution < -0.4 is 5.43 Å². The summed E-state index contributed by atoms with van der Waals surface area (Å²) in [6.07, 6.45) is 6.48. The van der Waals surface area contributed by atoms with Gasteiger partial charge in [-0.05, 0) is 65.4 Å². The summed E-state index contributed by atoms with van der Waals surface area (Å²) in [5.74, 6) is -1.23. The van der Waals surface area contributed by atoms with Gasteiger partial charge in [0.25, 0.3) is 5.91 Å². The molecule has 1 aliphatic heterocycles. The summed E-state index contributed by atoms with van der Waals surface area (Å²) in [4.78, 5) is 23.7. The summed E-state index contributed by atoms with van der Waals surface area (Å²) in [5.41, 5.74) is 3.16. The maximum atomic E-state index is 14.4. The lowest BCUT2D eigenvalue weighted by Crippen LogP contribution is -2.55. The van der Waals surface area contributed by atoms with Gasteiger partial charge in [-0.2, -0.15) is 0 Å². The van der Waals surface area contributed by atoms with Crippen LogP contribution in [0, 0.1) is 0 Å². The number of aliphatic hydroxyl groups is 1. The first-order valence-electron chi connectivity index (χ1n) is 10.8. The molecule has 0 radical (unpaired) electrons. The number of unbranched alkanes of at least 4 members (excludes halogenated alkanes) is 2. The Hall–Kier alpha value is -1.77. The predicted octanol–water partition coefficient (Wildman–Crippen LogP) is 3.54. The van der Waals surface area contributed by atoms with E-state index in [1.54, 1.807) is 19.9 Å². The van der Waals surface area contributed by atoms with Crippen LogP contribution in [0.4, 0.5) is 4.39 Å². The Morgan fingerprint density at radius 3 is 2.63 bits per heavy atom. The van der Waals surface area contributed by atoms with Gasteiger partial charge in [0, 0.05) is 26.5 Å². The van der Waals surface area contributed by atoms with E-state index in [0.29, 0.717) is 32.4 Å². The number of allylic oxidation sites excluding steroid dienone is 3. The van der Waals surface area contributed by atoms with Crippen LogP contribution in [0.5, 0.6) is 0 Å². The lowest BCUT2D eigenvalue weighted by atomic mass is 10.1. The highest BCUT2D eigenvalue weighted by Crippen LogP contribution is 2.23. The Balaban J connectivity index is 2.61. The molecule has 8 heteroatoms. The summed E-state index contributed by atoms with van der Waals surface area (Å²) < 4.78 is 25.3. The summed E-state index contributed by atoms with van der Waals surface area (Å²) >= 11 is 0. The molecule has 0 aliphatic carbocycles. The number of hydrogen-bond acceptors (Lipinski definition) is 6. The van der Waals surface area contributed by atoms with Crippen LogP contribution in [-0.2, 0) is 19.1 Å². The Morgan fingerprint density at radius 2 is 2.00 bits per heavy atom. The number of amides is 1. The number of halogens is 1. The van der Waals surface area contributed by atoms with Crippen LogP contribution in [0.15, 0.2) is 23.6 Å². The van der Waals surface area contributed by atoms with Gasteiger partial charge in [0.05, 0.1) is 17.8 Å². The van der Waals surface area contributed by atoms with Crippen molar-refractivity contribution in [1.82, 2.24) is 10.4 Å². The molecule has 0 aromatic rings. The normalized spacial score (nSPS) is 21.1. The van der Waals surface area contributed by atoms with Gasteiger partial charge in [0.15, 0.2) is 0 Å². The maximum absolute atomic E-state index is 14.4. The van der Waals surface area contributed by atoms with E-state index in [1.807, 2.05) is 6.92 Å². The molecule has 172 valence electrons. The molecule has 1 unspecified atom stereocenters. The number of rotatable bonds is 13. The zero-order valence-corrected chi connectivity index (χ0v) is 18.7. The number of nitrogens with one attached hydrogen (secondary N) is 1. The first-order chi connectivity index (χ1) is 14.2. The molecule has 7 nitrogen and oxygen atoms in total. The maximum Gasteiger partial charge on any atom is 0.302 e. The largest absolute Gasteiger partial charge is 0.463 e. The number of aliphatic hydroxyl groups excluding tert-OH is 1. The number of carbonyl (C=O) groups is 2. The van der Waals surface area contributed by atoms with Crippen molar-refractivity contribution < 1.29 is 28.6 Å². The van der Waals surface area contributed by atoms with Crippen LogP contribution in [0.2, 0.25) is 0 Å². The molecule has 1 heterocycles. The fraction of sp³-hybridized carbons (Fsp3) is 0.727. The summed E-state index contributed by atoms with van der Waals surface area (Å²) in [5, 5.41) is 10.7. The number of carbonyl (C=O) groups excluding carboxylic acids is 2. The van der Waals surface area contributed by atoms with Gasteiger partial charge in [0.2, 0.25) is 0 Å². The van der Waals surface area contributed by atoms with Crippen LogP contribution in [0.3, 0.4) is 0 Å². The fourth-order valence-electron chi connectivity index (χ4n) is 3.23. The van der Waals surface area contributed by atoms with Crippen LogP contribution in [0.1, 0.15) is 72.6 Å². The highest BCUT2D eigenvalue weighted by atomic mass is 19.1. The van der Waals surface area contributed by atoms with Crippen molar-refractivity contribution in [1.29, 1.82) is 0 Å². The third-order valence-electron chi connectivity index (χ3n) is 4.74. The topological polar surface area (TPSA) is 88.1 Å². The molecule has 0 spiro atoms. The van der Waals surface area contributed by atoms with Gasteiger partial charge >= 0.3 is 5.97 Å². The van der Waals surface area contributed by atoms with Crippen LogP contribution in [-0.4, -0.2) is 53.6 Å². The second-order valence-electron chi connectivity index (χ2n) is 7.74. The van der Waals surface area contributed by atoms with E-state index >= 15 is 0 Å². The van der Waals surface area contributed by atoms with Gasteiger partial charge < -0.3 is 14.6 Å². The highest BCUT2D eigenvalue weighted by Gasteiger charge is 2.31. The molecule has 0 saturated carbocycles. The summed E-state index contributed by atoms with van der Waals surface area (Å²) in [6, 6.07) is 0. The van der Waals surface area contributed by atoms with Crippen molar-refractivity contribution in [2.45, 2.75) is 91.1 Å². The molecule has 0 aromatic carbocycles. The van der Waals surface area contributed by atoms with E-state index < -0.39 is 12.1 Å². The van der Waals surface area contributed by atoms with E-state index in [9.17, 15) is 19.1 Å². The zero-order valence-electron chi connectivity index (χ0n) is 18.7. The molecule has 1 fully saturated rings. The molecule has 2 N–H and O–H groups in total. The Kier molecular flexibility index (Phi) is 12.5. The van der Waals surface area contributed by atoms with Crippen molar-refractivity contribution in [2.24, 2.45) is 0 Å². The monoisotopic (exact) mass is 428 g/mol. The van der Waals surface area contributed by atoms with Crippen molar-refractivity contribution in [3.63, 3.8) is 0 Å². The second kappa shape index (κ2) is 14.3. The van der Waals surface area contributed by atoms with Gasteiger partial charge in [0.1, 0.15) is 12.1 Å². The lowest BCUT2D eigenvalue weighted by molar-refractivity contribution is -0.145. The third kappa shape index (κ3) is 10.3. The van der Waals surface area contributed by atoms with Crippen molar-refractivity contribution >= 4 is 11.9 Å². The van der Waals surface area contributed by atoms with E-state index in [4.69, 9.17) is 9.47 Å². The standard InChI is InChI=1S/C22H37FN2O5/c1-5-10-20(23)19-15-21(29-14-9-7-11-16(2)26)24-25(22(19)28)13-8-6-12-17(3)30-18(4)27/h5,10,16-17,21,24,26H,6-9,11-15H2,1-4H3/b10-5-,20-19-/t16-,17-,21?/m1/s1. The molecule has 1 amide bonds. The fourth-order valence-corrected chi connectivity index (χ4v) is 3.23. The van der Waals surface area contributed by atoms with Crippen molar-refractivity contribution in [3.05, 3.63) is 23.6 Å². The lowest BCUT2D eigenvalue weighted by Gasteiger charge is -2.35. The predicted molar refractivity (Wildman–Crippen MR) is 113 cm³/mol. The van der Waals surface area contributed by atoms with E-state index in [1.165, 1.54) is 18.0 Å². The van der Waals surface area contributed by atoms with Gasteiger partial charge in [-0.25, -0.2) is 9.82 Å². The third-order valence-corrected chi connectivity index (χ3v) is 4.74. The molecule has 0 bridgehead atoms. The SMILES string of the molecule is C/C=C\C(F)=C1/CC(OCCCC[C@@H](C)O)NN(CCCC[C@@H](C)OC(C)=O)C1=O. The highest BCUT2D eigenvalue weighted by molar-refractivity contribution is 5.94. The molecular weight excluding hydrogens is 391 g/mol. The zero-order chi connectivity index (χ0) is 22.5. The minimum Gasteiger partial charge on any atom is -0.463 e. The van der Waals surface area contributed by atoms with Gasteiger partial charge in [-0.1, -0.05) is 6.08 Å². The minimum absolute atomic E-state index is 0.106. The first kappa shape index (κ1) is 26.3. The summed E-state index contributed by atoms with van der Waals surface area (Å²) in [7, 11) is 0. The Labute approximate surface area is 179 Å². The minimum atomic E-state index is -0.541. The molecule has 3 atom stereocenters.